The monoisotopic (exact) mass is 250 g/mol. The van der Waals surface area contributed by atoms with Crippen molar-refractivity contribution >= 4 is 10.9 Å². The van der Waals surface area contributed by atoms with Gasteiger partial charge in [0.05, 0.1) is 11.2 Å². The Kier molecular flexibility index (Phi) is 2.97. The standard InChI is InChI=1S/C16H14N2O/c1-11-4-7-14(18-10-11)16(19)13-6-5-12-3-2-8-17-15(12)9-13/h2-10,16,19H,1H3. The molecule has 0 bridgehead atoms. The van der Waals surface area contributed by atoms with Crippen molar-refractivity contribution in [3.63, 3.8) is 0 Å². The van der Waals surface area contributed by atoms with Crippen molar-refractivity contribution < 1.29 is 5.11 Å². The van der Waals surface area contributed by atoms with Crippen LogP contribution in [0.2, 0.25) is 0 Å². The minimum absolute atomic E-state index is 0.654. The molecule has 3 rings (SSSR count). The van der Waals surface area contributed by atoms with Gasteiger partial charge in [-0.2, -0.15) is 0 Å². The first-order chi connectivity index (χ1) is 9.24. The van der Waals surface area contributed by atoms with Gasteiger partial charge in [0.25, 0.3) is 0 Å². The Bertz CT molecular complexity index is 707. The van der Waals surface area contributed by atoms with Crippen LogP contribution >= 0.6 is 0 Å². The molecular formula is C16H14N2O. The van der Waals surface area contributed by atoms with Crippen molar-refractivity contribution in [3.05, 3.63) is 71.7 Å². The third-order valence-electron chi connectivity index (χ3n) is 3.16. The van der Waals surface area contributed by atoms with Gasteiger partial charge in [0, 0.05) is 17.8 Å². The summed E-state index contributed by atoms with van der Waals surface area (Å²) >= 11 is 0. The maximum Gasteiger partial charge on any atom is 0.121 e. The zero-order chi connectivity index (χ0) is 13.2. The number of rotatable bonds is 2. The fourth-order valence-corrected chi connectivity index (χ4v) is 2.07. The molecule has 94 valence electrons. The van der Waals surface area contributed by atoms with Gasteiger partial charge in [-0.3, -0.25) is 9.97 Å². The molecule has 0 radical (unpaired) electrons. The molecule has 3 aromatic rings. The number of pyridine rings is 2. The molecule has 0 saturated heterocycles. The van der Waals surface area contributed by atoms with Crippen LogP contribution in [-0.2, 0) is 0 Å². The molecule has 0 spiro atoms. The van der Waals surface area contributed by atoms with Crippen molar-refractivity contribution in [1.29, 1.82) is 0 Å². The normalized spacial score (nSPS) is 12.5. The van der Waals surface area contributed by atoms with Gasteiger partial charge < -0.3 is 5.11 Å². The Hall–Kier alpha value is -2.26. The van der Waals surface area contributed by atoms with E-state index in [1.54, 1.807) is 12.4 Å². The molecule has 1 atom stereocenters. The Morgan fingerprint density at radius 2 is 1.95 bits per heavy atom. The van der Waals surface area contributed by atoms with Crippen LogP contribution in [-0.4, -0.2) is 15.1 Å². The zero-order valence-electron chi connectivity index (χ0n) is 10.6. The molecule has 0 amide bonds. The van der Waals surface area contributed by atoms with Crippen LogP contribution in [0.4, 0.5) is 0 Å². The summed E-state index contributed by atoms with van der Waals surface area (Å²) in [5.74, 6) is 0. The topological polar surface area (TPSA) is 46.0 Å². The largest absolute Gasteiger partial charge is 0.382 e. The Morgan fingerprint density at radius 1 is 1.05 bits per heavy atom. The zero-order valence-corrected chi connectivity index (χ0v) is 10.6. The van der Waals surface area contributed by atoms with Crippen LogP contribution in [0.1, 0.15) is 22.9 Å². The molecule has 1 aromatic carbocycles. The van der Waals surface area contributed by atoms with Crippen LogP contribution < -0.4 is 0 Å². The number of aliphatic hydroxyl groups is 1. The number of fused-ring (bicyclic) bond motifs is 1. The van der Waals surface area contributed by atoms with E-state index in [1.165, 1.54) is 0 Å². The van der Waals surface area contributed by atoms with Crippen LogP contribution in [0.15, 0.2) is 54.9 Å². The first kappa shape index (κ1) is 11.8. The van der Waals surface area contributed by atoms with E-state index in [-0.39, 0.29) is 0 Å². The third kappa shape index (κ3) is 2.33. The summed E-state index contributed by atoms with van der Waals surface area (Å²) in [4.78, 5) is 8.56. The lowest BCUT2D eigenvalue weighted by Gasteiger charge is -2.11. The van der Waals surface area contributed by atoms with Gasteiger partial charge in [-0.1, -0.05) is 24.3 Å². The fourth-order valence-electron chi connectivity index (χ4n) is 2.07. The Morgan fingerprint density at radius 3 is 2.74 bits per heavy atom. The van der Waals surface area contributed by atoms with E-state index in [0.29, 0.717) is 5.69 Å². The van der Waals surface area contributed by atoms with Crippen LogP contribution in [0.5, 0.6) is 0 Å². The molecule has 0 aliphatic carbocycles. The Labute approximate surface area is 111 Å². The second kappa shape index (κ2) is 4.78. The van der Waals surface area contributed by atoms with Crippen molar-refractivity contribution in [3.8, 4) is 0 Å². The number of nitrogens with zero attached hydrogens (tertiary/aromatic N) is 2. The van der Waals surface area contributed by atoms with E-state index in [2.05, 4.69) is 9.97 Å². The van der Waals surface area contributed by atoms with Crippen LogP contribution in [0.3, 0.4) is 0 Å². The summed E-state index contributed by atoms with van der Waals surface area (Å²) in [6.07, 6.45) is 2.80. The average molecular weight is 250 g/mol. The molecule has 0 fully saturated rings. The van der Waals surface area contributed by atoms with E-state index < -0.39 is 6.10 Å². The van der Waals surface area contributed by atoms with Gasteiger partial charge in [-0.05, 0) is 36.2 Å². The smallest absolute Gasteiger partial charge is 0.121 e. The minimum Gasteiger partial charge on any atom is -0.382 e. The highest BCUT2D eigenvalue weighted by atomic mass is 16.3. The van der Waals surface area contributed by atoms with Gasteiger partial charge in [-0.25, -0.2) is 0 Å². The quantitative estimate of drug-likeness (QED) is 0.760. The SMILES string of the molecule is Cc1ccc(C(O)c2ccc3cccnc3c2)nc1. The summed E-state index contributed by atoms with van der Waals surface area (Å²) in [6, 6.07) is 13.5. The number of benzene rings is 1. The summed E-state index contributed by atoms with van der Waals surface area (Å²) < 4.78 is 0. The van der Waals surface area contributed by atoms with E-state index in [1.807, 2.05) is 49.4 Å². The number of aryl methyl sites for hydroxylation is 1. The molecule has 19 heavy (non-hydrogen) atoms. The number of aliphatic hydroxyl groups excluding tert-OH is 1. The van der Waals surface area contributed by atoms with Gasteiger partial charge in [0.1, 0.15) is 6.10 Å². The van der Waals surface area contributed by atoms with E-state index >= 15 is 0 Å². The van der Waals surface area contributed by atoms with Crippen molar-refractivity contribution in [2.75, 3.05) is 0 Å². The molecule has 0 aliphatic rings. The maximum absolute atomic E-state index is 10.4. The molecule has 2 aromatic heterocycles. The molecule has 1 unspecified atom stereocenters. The summed E-state index contributed by atoms with van der Waals surface area (Å²) in [7, 11) is 0. The average Bonchev–Trinajstić information content (AvgIpc) is 2.47. The molecule has 1 N–H and O–H groups in total. The predicted octanol–water partition coefficient (Wildman–Crippen LogP) is 3.02. The van der Waals surface area contributed by atoms with E-state index in [9.17, 15) is 5.11 Å². The number of aromatic nitrogens is 2. The highest BCUT2D eigenvalue weighted by molar-refractivity contribution is 5.79. The third-order valence-corrected chi connectivity index (χ3v) is 3.16. The van der Waals surface area contributed by atoms with E-state index in [0.717, 1.165) is 22.0 Å². The lowest BCUT2D eigenvalue weighted by Crippen LogP contribution is -2.02. The summed E-state index contributed by atoms with van der Waals surface area (Å²) in [5, 5.41) is 11.4. The highest BCUT2D eigenvalue weighted by Gasteiger charge is 2.12. The Balaban J connectivity index is 2.01. The first-order valence-electron chi connectivity index (χ1n) is 6.19. The van der Waals surface area contributed by atoms with Crippen molar-refractivity contribution in [1.82, 2.24) is 9.97 Å². The van der Waals surface area contributed by atoms with Crippen molar-refractivity contribution in [2.24, 2.45) is 0 Å². The van der Waals surface area contributed by atoms with E-state index in [4.69, 9.17) is 0 Å². The molecule has 0 aliphatic heterocycles. The van der Waals surface area contributed by atoms with Crippen molar-refractivity contribution in [2.45, 2.75) is 13.0 Å². The van der Waals surface area contributed by atoms with Crippen LogP contribution in [0.25, 0.3) is 10.9 Å². The minimum atomic E-state index is -0.716. The van der Waals surface area contributed by atoms with Gasteiger partial charge in [0.15, 0.2) is 0 Å². The first-order valence-corrected chi connectivity index (χ1v) is 6.19. The molecule has 3 nitrogen and oxygen atoms in total. The summed E-state index contributed by atoms with van der Waals surface area (Å²) in [6.45, 7) is 1.98. The molecule has 3 heteroatoms. The van der Waals surface area contributed by atoms with Crippen LogP contribution in [0, 0.1) is 6.92 Å². The highest BCUT2D eigenvalue weighted by Crippen LogP contribution is 2.23. The molecule has 0 saturated carbocycles. The lowest BCUT2D eigenvalue weighted by atomic mass is 10.0. The predicted molar refractivity (Wildman–Crippen MR) is 74.8 cm³/mol. The second-order valence-corrected chi connectivity index (χ2v) is 4.62. The fraction of sp³-hybridized carbons (Fsp3) is 0.125. The lowest BCUT2D eigenvalue weighted by molar-refractivity contribution is 0.215. The number of hydrogen-bond acceptors (Lipinski definition) is 3. The summed E-state index contributed by atoms with van der Waals surface area (Å²) in [5.41, 5.74) is 3.42. The van der Waals surface area contributed by atoms with Gasteiger partial charge >= 0.3 is 0 Å². The maximum atomic E-state index is 10.4. The second-order valence-electron chi connectivity index (χ2n) is 4.62. The van der Waals surface area contributed by atoms with Gasteiger partial charge in [0.2, 0.25) is 0 Å². The molecular weight excluding hydrogens is 236 g/mol. The molecule has 2 heterocycles. The number of hydrogen-bond donors (Lipinski definition) is 1. The van der Waals surface area contributed by atoms with Gasteiger partial charge in [-0.15, -0.1) is 0 Å².